The summed E-state index contributed by atoms with van der Waals surface area (Å²) in [7, 11) is 1.66. The van der Waals surface area contributed by atoms with Gasteiger partial charge in [0.1, 0.15) is 0 Å². The summed E-state index contributed by atoms with van der Waals surface area (Å²) in [5.41, 5.74) is 1.12. The van der Waals surface area contributed by atoms with Crippen molar-refractivity contribution in [2.45, 2.75) is 25.2 Å². The standard InChI is InChI=1S/C15H21F3N4/c1-19-14(20-9-12-5-3-2-4-6-12)21-13-7-8-22(10-13)11-15(16,17)18/h2-6,13H,7-11H2,1H3,(H2,19,20,21). The summed E-state index contributed by atoms with van der Waals surface area (Å²) in [5, 5.41) is 6.36. The molecule has 1 fully saturated rings. The largest absolute Gasteiger partial charge is 0.401 e. The Balaban J connectivity index is 1.77. The smallest absolute Gasteiger partial charge is 0.352 e. The molecule has 1 aliphatic heterocycles. The van der Waals surface area contributed by atoms with Crippen molar-refractivity contribution in [2.75, 3.05) is 26.7 Å². The first kappa shape index (κ1) is 16.6. The minimum atomic E-state index is -4.14. The minimum absolute atomic E-state index is 0.00989. The van der Waals surface area contributed by atoms with Gasteiger partial charge in [-0.1, -0.05) is 30.3 Å². The van der Waals surface area contributed by atoms with Crippen molar-refractivity contribution in [1.82, 2.24) is 15.5 Å². The Morgan fingerprint density at radius 3 is 2.68 bits per heavy atom. The van der Waals surface area contributed by atoms with Gasteiger partial charge in [0.2, 0.25) is 0 Å². The third kappa shape index (κ3) is 5.55. The first-order chi connectivity index (χ1) is 10.5. The van der Waals surface area contributed by atoms with E-state index >= 15 is 0 Å². The Labute approximate surface area is 128 Å². The van der Waals surface area contributed by atoms with Crippen LogP contribution in [0, 0.1) is 0 Å². The van der Waals surface area contributed by atoms with Gasteiger partial charge in [-0.15, -0.1) is 0 Å². The molecule has 0 aromatic heterocycles. The van der Waals surface area contributed by atoms with Gasteiger partial charge in [0.15, 0.2) is 5.96 Å². The number of benzene rings is 1. The van der Waals surface area contributed by atoms with Crippen molar-refractivity contribution in [3.8, 4) is 0 Å². The number of halogens is 3. The van der Waals surface area contributed by atoms with Crippen LogP contribution in [0.15, 0.2) is 35.3 Å². The molecule has 0 saturated carbocycles. The number of alkyl halides is 3. The summed E-state index contributed by atoms with van der Waals surface area (Å²) < 4.78 is 37.1. The van der Waals surface area contributed by atoms with Crippen molar-refractivity contribution in [3.63, 3.8) is 0 Å². The number of nitrogens with zero attached hydrogens (tertiary/aromatic N) is 2. The first-order valence-electron chi connectivity index (χ1n) is 7.26. The van der Waals surface area contributed by atoms with Crippen LogP contribution in [0.25, 0.3) is 0 Å². The summed E-state index contributed by atoms with van der Waals surface area (Å²) in [4.78, 5) is 5.54. The molecule has 1 aromatic rings. The summed E-state index contributed by atoms with van der Waals surface area (Å²) >= 11 is 0. The van der Waals surface area contributed by atoms with Gasteiger partial charge in [0.05, 0.1) is 6.54 Å². The van der Waals surface area contributed by atoms with Crippen molar-refractivity contribution in [1.29, 1.82) is 0 Å². The van der Waals surface area contributed by atoms with Gasteiger partial charge in [0.25, 0.3) is 0 Å². The molecule has 1 unspecified atom stereocenters. The number of nitrogens with one attached hydrogen (secondary N) is 2. The molecule has 1 atom stereocenters. The molecule has 2 N–H and O–H groups in total. The number of hydrogen-bond donors (Lipinski definition) is 2. The van der Waals surface area contributed by atoms with Gasteiger partial charge >= 0.3 is 6.18 Å². The van der Waals surface area contributed by atoms with Crippen LogP contribution in [0.5, 0.6) is 0 Å². The van der Waals surface area contributed by atoms with E-state index < -0.39 is 12.7 Å². The lowest BCUT2D eigenvalue weighted by atomic mass is 10.2. The molecular weight excluding hydrogens is 293 g/mol. The van der Waals surface area contributed by atoms with Crippen molar-refractivity contribution in [2.24, 2.45) is 4.99 Å². The summed E-state index contributed by atoms with van der Waals surface area (Å²) in [6.07, 6.45) is -3.45. The van der Waals surface area contributed by atoms with E-state index in [2.05, 4.69) is 15.6 Å². The predicted molar refractivity (Wildman–Crippen MR) is 80.7 cm³/mol. The third-order valence-corrected chi connectivity index (χ3v) is 3.54. The van der Waals surface area contributed by atoms with Crippen LogP contribution >= 0.6 is 0 Å². The lowest BCUT2D eigenvalue weighted by Crippen LogP contribution is -2.44. The van der Waals surface area contributed by atoms with Crippen LogP contribution in [0.1, 0.15) is 12.0 Å². The van der Waals surface area contributed by atoms with Crippen LogP contribution in [0.4, 0.5) is 13.2 Å². The van der Waals surface area contributed by atoms with Gasteiger partial charge < -0.3 is 10.6 Å². The molecule has 7 heteroatoms. The molecule has 0 spiro atoms. The van der Waals surface area contributed by atoms with Gasteiger partial charge in [0, 0.05) is 32.7 Å². The highest BCUT2D eigenvalue weighted by atomic mass is 19.4. The molecule has 0 amide bonds. The molecule has 0 bridgehead atoms. The van der Waals surface area contributed by atoms with E-state index in [1.807, 2.05) is 30.3 Å². The van der Waals surface area contributed by atoms with E-state index in [1.54, 1.807) is 7.05 Å². The fourth-order valence-electron chi connectivity index (χ4n) is 2.52. The molecule has 0 radical (unpaired) electrons. The molecule has 2 rings (SSSR count). The fourth-order valence-corrected chi connectivity index (χ4v) is 2.52. The van der Waals surface area contributed by atoms with E-state index in [-0.39, 0.29) is 6.04 Å². The zero-order valence-electron chi connectivity index (χ0n) is 12.5. The molecule has 0 aliphatic carbocycles. The monoisotopic (exact) mass is 314 g/mol. The highest BCUT2D eigenvalue weighted by molar-refractivity contribution is 5.80. The van der Waals surface area contributed by atoms with Crippen LogP contribution in [0.3, 0.4) is 0 Å². The second-order valence-corrected chi connectivity index (χ2v) is 5.39. The highest BCUT2D eigenvalue weighted by Crippen LogP contribution is 2.19. The van der Waals surface area contributed by atoms with Crippen molar-refractivity contribution in [3.05, 3.63) is 35.9 Å². The zero-order valence-corrected chi connectivity index (χ0v) is 12.5. The Hall–Kier alpha value is -1.76. The molecular formula is C15H21F3N4. The van der Waals surface area contributed by atoms with Gasteiger partial charge in [-0.2, -0.15) is 13.2 Å². The summed E-state index contributed by atoms with van der Waals surface area (Å²) in [6, 6.07) is 9.86. The first-order valence-corrected chi connectivity index (χ1v) is 7.26. The Morgan fingerprint density at radius 1 is 1.32 bits per heavy atom. The molecule has 1 aliphatic rings. The second-order valence-electron chi connectivity index (χ2n) is 5.39. The molecule has 1 aromatic carbocycles. The van der Waals surface area contributed by atoms with E-state index in [0.717, 1.165) is 5.56 Å². The van der Waals surface area contributed by atoms with Crippen LogP contribution < -0.4 is 10.6 Å². The van der Waals surface area contributed by atoms with E-state index in [1.165, 1.54) is 4.90 Å². The third-order valence-electron chi connectivity index (χ3n) is 3.54. The number of likely N-dealkylation sites (tertiary alicyclic amines) is 1. The number of aliphatic imine (C=N–C) groups is 1. The Kier molecular flexibility index (Phi) is 5.65. The molecule has 1 saturated heterocycles. The summed E-state index contributed by atoms with van der Waals surface area (Å²) in [5.74, 6) is 0.614. The van der Waals surface area contributed by atoms with Crippen molar-refractivity contribution >= 4 is 5.96 Å². The molecule has 22 heavy (non-hydrogen) atoms. The van der Waals surface area contributed by atoms with Crippen molar-refractivity contribution < 1.29 is 13.2 Å². The average Bonchev–Trinajstić information content (AvgIpc) is 2.89. The highest BCUT2D eigenvalue weighted by Gasteiger charge is 2.34. The van der Waals surface area contributed by atoms with Gasteiger partial charge in [-0.05, 0) is 12.0 Å². The lowest BCUT2D eigenvalue weighted by molar-refractivity contribution is -0.143. The van der Waals surface area contributed by atoms with Crippen LogP contribution in [-0.2, 0) is 6.54 Å². The fraction of sp³-hybridized carbons (Fsp3) is 0.533. The van der Waals surface area contributed by atoms with E-state index in [9.17, 15) is 13.2 Å². The van der Waals surface area contributed by atoms with Crippen LogP contribution in [-0.4, -0.2) is 49.8 Å². The maximum Gasteiger partial charge on any atom is 0.401 e. The van der Waals surface area contributed by atoms with Crippen LogP contribution in [0.2, 0.25) is 0 Å². The number of rotatable bonds is 4. The zero-order chi connectivity index (χ0) is 16.0. The second kappa shape index (κ2) is 7.49. The minimum Gasteiger partial charge on any atom is -0.352 e. The Bertz CT molecular complexity index is 487. The summed E-state index contributed by atoms with van der Waals surface area (Å²) in [6.45, 7) is 0.610. The van der Waals surface area contributed by atoms with Gasteiger partial charge in [-0.25, -0.2) is 0 Å². The lowest BCUT2D eigenvalue weighted by Gasteiger charge is -2.19. The molecule has 4 nitrogen and oxygen atoms in total. The number of guanidine groups is 1. The maximum atomic E-state index is 12.4. The normalized spacial score (nSPS) is 20.2. The Morgan fingerprint density at radius 2 is 2.05 bits per heavy atom. The quantitative estimate of drug-likeness (QED) is 0.659. The number of hydrogen-bond acceptors (Lipinski definition) is 2. The topological polar surface area (TPSA) is 39.7 Å². The molecule has 122 valence electrons. The molecule has 1 heterocycles. The maximum absolute atomic E-state index is 12.4. The predicted octanol–water partition coefficient (Wildman–Crippen LogP) is 1.99. The van der Waals surface area contributed by atoms with E-state index in [4.69, 9.17) is 0 Å². The SMILES string of the molecule is CN=C(NCc1ccccc1)NC1CCN(CC(F)(F)F)C1. The van der Waals surface area contributed by atoms with E-state index in [0.29, 0.717) is 32.0 Å². The van der Waals surface area contributed by atoms with Gasteiger partial charge in [-0.3, -0.25) is 9.89 Å². The average molecular weight is 314 g/mol.